The van der Waals surface area contributed by atoms with Crippen LogP contribution in [0.3, 0.4) is 0 Å². The summed E-state index contributed by atoms with van der Waals surface area (Å²) >= 11 is 5.92. The molecule has 0 aliphatic carbocycles. The summed E-state index contributed by atoms with van der Waals surface area (Å²) in [4.78, 5) is 12.0. The van der Waals surface area contributed by atoms with Gasteiger partial charge in [-0.2, -0.15) is 15.0 Å². The van der Waals surface area contributed by atoms with Crippen molar-refractivity contribution in [2.24, 2.45) is 0 Å². The minimum absolute atomic E-state index is 0.0647. The second-order valence-electron chi connectivity index (χ2n) is 3.50. The standard InChI is InChI=1S/C12H9ClN4O/c1-15-10-7-16-17(12(18)11(10)13)9-4-2-3-8(5-9)6-14/h2-5,7,15H,1H3. The van der Waals surface area contributed by atoms with Crippen LogP contribution in [0.5, 0.6) is 0 Å². The molecule has 90 valence electrons. The number of rotatable bonds is 2. The number of anilines is 1. The van der Waals surface area contributed by atoms with Gasteiger partial charge in [0.1, 0.15) is 5.02 Å². The Hall–Kier alpha value is -2.32. The van der Waals surface area contributed by atoms with Crippen LogP contribution in [0.4, 0.5) is 5.69 Å². The van der Waals surface area contributed by atoms with Crippen molar-refractivity contribution in [1.29, 1.82) is 5.26 Å². The molecule has 2 rings (SSSR count). The molecule has 0 aliphatic heterocycles. The first-order valence-electron chi connectivity index (χ1n) is 5.13. The van der Waals surface area contributed by atoms with E-state index < -0.39 is 5.56 Å². The lowest BCUT2D eigenvalue weighted by atomic mass is 10.2. The molecule has 0 unspecified atom stereocenters. The maximum atomic E-state index is 12.0. The summed E-state index contributed by atoms with van der Waals surface area (Å²) < 4.78 is 1.16. The molecule has 1 N–H and O–H groups in total. The highest BCUT2D eigenvalue weighted by molar-refractivity contribution is 6.32. The number of benzene rings is 1. The van der Waals surface area contributed by atoms with Crippen LogP contribution in [0.2, 0.25) is 5.02 Å². The van der Waals surface area contributed by atoms with E-state index in [1.54, 1.807) is 31.3 Å². The molecule has 0 radical (unpaired) electrons. The molecule has 0 spiro atoms. The summed E-state index contributed by atoms with van der Waals surface area (Å²) in [6.07, 6.45) is 1.46. The van der Waals surface area contributed by atoms with E-state index >= 15 is 0 Å². The van der Waals surface area contributed by atoms with Crippen molar-refractivity contribution < 1.29 is 0 Å². The van der Waals surface area contributed by atoms with Crippen molar-refractivity contribution in [3.63, 3.8) is 0 Å². The highest BCUT2D eigenvalue weighted by atomic mass is 35.5. The molecule has 1 aromatic carbocycles. The van der Waals surface area contributed by atoms with Crippen LogP contribution in [0.15, 0.2) is 35.3 Å². The Morgan fingerprint density at radius 1 is 1.50 bits per heavy atom. The Morgan fingerprint density at radius 3 is 2.94 bits per heavy atom. The molecule has 6 heteroatoms. The van der Waals surface area contributed by atoms with Gasteiger partial charge in [0, 0.05) is 7.05 Å². The molecular weight excluding hydrogens is 252 g/mol. The zero-order valence-corrected chi connectivity index (χ0v) is 10.3. The topological polar surface area (TPSA) is 70.7 Å². The zero-order chi connectivity index (χ0) is 13.1. The maximum absolute atomic E-state index is 12.0. The molecule has 18 heavy (non-hydrogen) atoms. The monoisotopic (exact) mass is 260 g/mol. The molecule has 5 nitrogen and oxygen atoms in total. The highest BCUT2D eigenvalue weighted by Crippen LogP contribution is 2.15. The van der Waals surface area contributed by atoms with Crippen LogP contribution < -0.4 is 10.9 Å². The lowest BCUT2D eigenvalue weighted by Crippen LogP contribution is -2.22. The third kappa shape index (κ3) is 2.06. The van der Waals surface area contributed by atoms with Crippen LogP contribution in [-0.4, -0.2) is 16.8 Å². The van der Waals surface area contributed by atoms with Gasteiger partial charge in [0.2, 0.25) is 0 Å². The number of aromatic nitrogens is 2. The van der Waals surface area contributed by atoms with Crippen molar-refractivity contribution in [3.8, 4) is 11.8 Å². The Morgan fingerprint density at radius 2 is 2.28 bits per heavy atom. The maximum Gasteiger partial charge on any atom is 0.292 e. The van der Waals surface area contributed by atoms with E-state index in [-0.39, 0.29) is 5.02 Å². The van der Waals surface area contributed by atoms with E-state index in [0.717, 1.165) is 4.68 Å². The number of nitriles is 1. The first-order valence-corrected chi connectivity index (χ1v) is 5.51. The van der Waals surface area contributed by atoms with Gasteiger partial charge in [0.25, 0.3) is 5.56 Å². The molecule has 1 heterocycles. The minimum atomic E-state index is -0.432. The number of halogens is 1. The fraction of sp³-hybridized carbons (Fsp3) is 0.0833. The largest absolute Gasteiger partial charge is 0.385 e. The predicted octanol–water partition coefficient (Wildman–Crippen LogP) is 1.80. The zero-order valence-electron chi connectivity index (χ0n) is 9.51. The van der Waals surface area contributed by atoms with Crippen LogP contribution >= 0.6 is 11.6 Å². The first kappa shape index (κ1) is 12.1. The van der Waals surface area contributed by atoms with Crippen LogP contribution in [0.1, 0.15) is 5.56 Å². The Labute approximate surface area is 108 Å². The van der Waals surface area contributed by atoms with Crippen LogP contribution in [0.25, 0.3) is 5.69 Å². The molecule has 0 fully saturated rings. The van der Waals surface area contributed by atoms with Crippen molar-refractivity contribution in [2.45, 2.75) is 0 Å². The molecule has 1 aromatic heterocycles. The van der Waals surface area contributed by atoms with Crippen molar-refractivity contribution in [2.75, 3.05) is 12.4 Å². The number of hydrogen-bond donors (Lipinski definition) is 1. The molecule has 0 atom stereocenters. The third-order valence-corrected chi connectivity index (χ3v) is 2.77. The van der Waals surface area contributed by atoms with Gasteiger partial charge in [0.05, 0.1) is 29.2 Å². The quantitative estimate of drug-likeness (QED) is 0.894. The predicted molar refractivity (Wildman–Crippen MR) is 69.1 cm³/mol. The lowest BCUT2D eigenvalue weighted by molar-refractivity contribution is 0.808. The molecule has 0 bridgehead atoms. The first-order chi connectivity index (χ1) is 8.67. The highest BCUT2D eigenvalue weighted by Gasteiger charge is 2.09. The third-order valence-electron chi connectivity index (χ3n) is 2.41. The summed E-state index contributed by atoms with van der Waals surface area (Å²) in [7, 11) is 1.66. The van der Waals surface area contributed by atoms with E-state index in [0.29, 0.717) is 16.9 Å². The summed E-state index contributed by atoms with van der Waals surface area (Å²) in [6, 6.07) is 8.60. The minimum Gasteiger partial charge on any atom is -0.385 e. The van der Waals surface area contributed by atoms with E-state index in [9.17, 15) is 4.79 Å². The average Bonchev–Trinajstić information content (AvgIpc) is 2.42. The lowest BCUT2D eigenvalue weighted by Gasteiger charge is -2.07. The molecule has 0 saturated carbocycles. The van der Waals surface area contributed by atoms with Gasteiger partial charge in [-0.3, -0.25) is 4.79 Å². The van der Waals surface area contributed by atoms with Gasteiger partial charge in [-0.25, -0.2) is 0 Å². The summed E-state index contributed by atoms with van der Waals surface area (Å²) in [5, 5.41) is 15.7. The SMILES string of the molecule is CNc1cnn(-c2cccc(C#N)c2)c(=O)c1Cl. The summed E-state index contributed by atoms with van der Waals surface area (Å²) in [5.74, 6) is 0. The van der Waals surface area contributed by atoms with Gasteiger partial charge in [-0.15, -0.1) is 0 Å². The van der Waals surface area contributed by atoms with E-state index in [1.165, 1.54) is 6.20 Å². The van der Waals surface area contributed by atoms with Gasteiger partial charge < -0.3 is 5.32 Å². The summed E-state index contributed by atoms with van der Waals surface area (Å²) in [5.41, 5.74) is 0.992. The van der Waals surface area contributed by atoms with Crippen LogP contribution in [-0.2, 0) is 0 Å². The van der Waals surface area contributed by atoms with Gasteiger partial charge in [0.15, 0.2) is 0 Å². The number of nitrogens with zero attached hydrogens (tertiary/aromatic N) is 3. The van der Waals surface area contributed by atoms with E-state index in [4.69, 9.17) is 16.9 Å². The Balaban J connectivity index is 2.62. The van der Waals surface area contributed by atoms with E-state index in [1.807, 2.05) is 6.07 Å². The fourth-order valence-electron chi connectivity index (χ4n) is 1.50. The molecule has 0 aliphatic rings. The Kier molecular flexibility index (Phi) is 3.31. The average molecular weight is 261 g/mol. The second kappa shape index (κ2) is 4.90. The summed E-state index contributed by atoms with van der Waals surface area (Å²) in [6.45, 7) is 0. The molecular formula is C12H9ClN4O. The molecule has 0 amide bonds. The van der Waals surface area contributed by atoms with Gasteiger partial charge in [-0.05, 0) is 18.2 Å². The Bertz CT molecular complexity index is 687. The molecule has 0 saturated heterocycles. The second-order valence-corrected chi connectivity index (χ2v) is 3.88. The number of hydrogen-bond acceptors (Lipinski definition) is 4. The van der Waals surface area contributed by atoms with Crippen LogP contribution in [0, 0.1) is 11.3 Å². The number of nitrogens with one attached hydrogen (secondary N) is 1. The fourth-order valence-corrected chi connectivity index (χ4v) is 1.72. The normalized spacial score (nSPS) is 9.83. The van der Waals surface area contributed by atoms with Crippen molar-refractivity contribution in [1.82, 2.24) is 9.78 Å². The van der Waals surface area contributed by atoms with Gasteiger partial charge >= 0.3 is 0 Å². The van der Waals surface area contributed by atoms with E-state index in [2.05, 4.69) is 10.4 Å². The smallest absolute Gasteiger partial charge is 0.292 e. The van der Waals surface area contributed by atoms with Crippen molar-refractivity contribution in [3.05, 3.63) is 51.4 Å². The van der Waals surface area contributed by atoms with Gasteiger partial charge in [-0.1, -0.05) is 17.7 Å². The van der Waals surface area contributed by atoms with Crippen molar-refractivity contribution >= 4 is 17.3 Å². The molecule has 2 aromatic rings.